The Hall–Kier alpha value is -1.43. The second-order valence-corrected chi connectivity index (χ2v) is 9.79. The normalized spacial score (nSPS) is 39.1. The highest BCUT2D eigenvalue weighted by Gasteiger charge is 2.60. The summed E-state index contributed by atoms with van der Waals surface area (Å²) < 4.78 is 6.70. The van der Waals surface area contributed by atoms with Crippen molar-refractivity contribution < 1.29 is 19.3 Å². The van der Waals surface area contributed by atoms with Crippen LogP contribution < -0.4 is 5.73 Å². The van der Waals surface area contributed by atoms with Crippen molar-refractivity contribution in [2.75, 3.05) is 13.2 Å². The molecule has 4 saturated carbocycles. The largest absolute Gasteiger partial charge is 0.370 e. The van der Waals surface area contributed by atoms with Crippen molar-refractivity contribution in [1.29, 1.82) is 0 Å². The number of benzene rings is 1. The van der Waals surface area contributed by atoms with Gasteiger partial charge in [-0.2, -0.15) is 0 Å². The van der Waals surface area contributed by atoms with Gasteiger partial charge in [0.1, 0.15) is 0 Å². The van der Waals surface area contributed by atoms with E-state index in [2.05, 4.69) is 24.3 Å². The third-order valence-electron chi connectivity index (χ3n) is 7.87. The van der Waals surface area contributed by atoms with Gasteiger partial charge in [0.2, 0.25) is 11.7 Å². The minimum atomic E-state index is -0.530. The maximum absolute atomic E-state index is 11.0. The molecule has 1 spiro atoms. The molecule has 1 saturated heterocycles. The first-order valence-corrected chi connectivity index (χ1v) is 11.4. The Bertz CT molecular complexity index is 703. The Morgan fingerprint density at radius 1 is 1.03 bits per heavy atom. The minimum Gasteiger partial charge on any atom is -0.370 e. The Morgan fingerprint density at radius 2 is 1.72 bits per heavy atom. The molecule has 2 N–H and O–H groups in total. The predicted molar refractivity (Wildman–Crippen MR) is 109 cm³/mol. The molecule has 0 aromatic heterocycles. The summed E-state index contributed by atoms with van der Waals surface area (Å²) in [7, 11) is 0. The van der Waals surface area contributed by atoms with E-state index >= 15 is 0 Å². The molecule has 5 fully saturated rings. The van der Waals surface area contributed by atoms with Crippen LogP contribution in [0.25, 0.3) is 0 Å². The molecule has 4 bridgehead atoms. The lowest BCUT2D eigenvalue weighted by atomic mass is 9.53. The first kappa shape index (κ1) is 19.5. The summed E-state index contributed by atoms with van der Waals surface area (Å²) in [4.78, 5) is 22.9. The topological polar surface area (TPSA) is 70.8 Å². The zero-order chi connectivity index (χ0) is 19.8. The lowest BCUT2D eigenvalue weighted by Gasteiger charge is -2.59. The summed E-state index contributed by atoms with van der Waals surface area (Å²) in [5.74, 6) is 2.26. The zero-order valence-corrected chi connectivity index (χ0v) is 17.2. The predicted octanol–water partition coefficient (Wildman–Crippen LogP) is 4.10. The van der Waals surface area contributed by atoms with E-state index in [0.717, 1.165) is 30.2 Å². The third-order valence-corrected chi connectivity index (χ3v) is 7.87. The van der Waals surface area contributed by atoms with Crippen LogP contribution in [0.4, 0.5) is 0 Å². The minimum absolute atomic E-state index is 0.250. The average molecular weight is 400 g/mol. The van der Waals surface area contributed by atoms with Crippen LogP contribution >= 0.6 is 0 Å². The van der Waals surface area contributed by atoms with E-state index in [9.17, 15) is 4.79 Å². The zero-order valence-electron chi connectivity index (χ0n) is 17.2. The van der Waals surface area contributed by atoms with Crippen LogP contribution in [0, 0.1) is 23.7 Å². The lowest BCUT2D eigenvalue weighted by molar-refractivity contribution is -0.475. The molecule has 4 aliphatic carbocycles. The van der Waals surface area contributed by atoms with E-state index < -0.39 is 5.79 Å². The molecule has 1 atom stereocenters. The van der Waals surface area contributed by atoms with Crippen LogP contribution in [0.15, 0.2) is 24.3 Å². The first-order valence-electron chi connectivity index (χ1n) is 11.4. The van der Waals surface area contributed by atoms with Gasteiger partial charge in [-0.25, -0.2) is 9.78 Å². The highest BCUT2D eigenvalue weighted by molar-refractivity contribution is 5.74. The van der Waals surface area contributed by atoms with Crippen LogP contribution in [-0.2, 0) is 25.7 Å². The SMILES string of the molecule is NC(=O)CCc1ccc(C2CCCOOC3(OC2)C2CC4CC(C2)CC3C4)cc1. The Morgan fingerprint density at radius 3 is 2.38 bits per heavy atom. The molecule has 0 radical (unpaired) electrons. The maximum Gasteiger partial charge on any atom is 0.217 e. The number of carbonyl (C=O) groups is 1. The number of hydrogen-bond donors (Lipinski definition) is 1. The number of nitrogens with two attached hydrogens (primary N) is 1. The summed E-state index contributed by atoms with van der Waals surface area (Å²) in [6.07, 6.45) is 9.43. The van der Waals surface area contributed by atoms with Crippen LogP contribution in [0.2, 0.25) is 0 Å². The summed E-state index contributed by atoms with van der Waals surface area (Å²) in [5, 5.41) is 0. The molecule has 1 aliphatic heterocycles. The molecular formula is C24H33NO4. The Labute approximate surface area is 173 Å². The van der Waals surface area contributed by atoms with Crippen molar-refractivity contribution in [3.63, 3.8) is 0 Å². The lowest BCUT2D eigenvalue weighted by Crippen LogP contribution is -2.60. The van der Waals surface area contributed by atoms with E-state index in [1.807, 2.05) is 0 Å². The fourth-order valence-electron chi connectivity index (χ4n) is 6.56. The molecule has 158 valence electrons. The van der Waals surface area contributed by atoms with Crippen molar-refractivity contribution in [3.05, 3.63) is 35.4 Å². The fourth-order valence-corrected chi connectivity index (χ4v) is 6.56. The second kappa shape index (κ2) is 8.01. The molecule has 6 rings (SSSR count). The van der Waals surface area contributed by atoms with Crippen LogP contribution in [0.3, 0.4) is 0 Å². The number of amides is 1. The summed E-state index contributed by atoms with van der Waals surface area (Å²) in [6.45, 7) is 1.32. The van der Waals surface area contributed by atoms with E-state index in [1.54, 1.807) is 0 Å². The Kier molecular flexibility index (Phi) is 5.39. The van der Waals surface area contributed by atoms with Crippen molar-refractivity contribution in [2.45, 2.75) is 69.5 Å². The average Bonchev–Trinajstić information content (AvgIpc) is 2.82. The molecule has 1 heterocycles. The molecule has 5 heteroatoms. The van der Waals surface area contributed by atoms with Crippen molar-refractivity contribution >= 4 is 5.91 Å². The number of rotatable bonds is 4. The smallest absolute Gasteiger partial charge is 0.217 e. The van der Waals surface area contributed by atoms with Crippen LogP contribution in [0.5, 0.6) is 0 Å². The highest BCUT2D eigenvalue weighted by Crippen LogP contribution is 2.60. The molecular weight excluding hydrogens is 366 g/mol. The summed E-state index contributed by atoms with van der Waals surface area (Å²) in [6, 6.07) is 8.62. The van der Waals surface area contributed by atoms with Crippen molar-refractivity contribution in [3.8, 4) is 0 Å². The molecule has 29 heavy (non-hydrogen) atoms. The second-order valence-electron chi connectivity index (χ2n) is 9.79. The number of aryl methyl sites for hydroxylation is 1. The van der Waals surface area contributed by atoms with Gasteiger partial charge in [0, 0.05) is 24.2 Å². The van der Waals surface area contributed by atoms with Crippen molar-refractivity contribution in [1.82, 2.24) is 0 Å². The number of ether oxygens (including phenoxy) is 1. The Balaban J connectivity index is 1.31. The number of hydrogen-bond acceptors (Lipinski definition) is 4. The number of carbonyl (C=O) groups excluding carboxylic acids is 1. The van der Waals surface area contributed by atoms with Gasteiger partial charge >= 0.3 is 0 Å². The molecule has 1 aromatic carbocycles. The van der Waals surface area contributed by atoms with E-state index in [-0.39, 0.29) is 5.91 Å². The molecule has 5 aliphatic rings. The fraction of sp³-hybridized carbons (Fsp3) is 0.708. The molecule has 1 amide bonds. The molecule has 5 nitrogen and oxygen atoms in total. The maximum atomic E-state index is 11.0. The van der Waals surface area contributed by atoms with Gasteiger partial charge in [-0.15, -0.1) is 0 Å². The van der Waals surface area contributed by atoms with Gasteiger partial charge in [-0.05, 0) is 74.3 Å². The standard InChI is InChI=1S/C24H33NO4/c25-23(26)8-5-16-3-6-19(7-4-16)20-2-1-9-28-29-24(27-15-20)21-11-17-10-18(13-21)14-22(24)12-17/h3-4,6-7,17-18,20-22H,1-2,5,8-15H2,(H2,25,26). The van der Waals surface area contributed by atoms with E-state index in [1.165, 1.54) is 37.7 Å². The summed E-state index contributed by atoms with van der Waals surface area (Å²) >= 11 is 0. The van der Waals surface area contributed by atoms with Gasteiger partial charge < -0.3 is 10.5 Å². The molecule has 1 aromatic rings. The van der Waals surface area contributed by atoms with Gasteiger partial charge in [-0.1, -0.05) is 24.3 Å². The van der Waals surface area contributed by atoms with Crippen molar-refractivity contribution in [2.24, 2.45) is 29.4 Å². The van der Waals surface area contributed by atoms with Crippen LogP contribution in [-0.4, -0.2) is 24.9 Å². The van der Waals surface area contributed by atoms with Gasteiger partial charge in [0.15, 0.2) is 0 Å². The van der Waals surface area contributed by atoms with Gasteiger partial charge in [-0.3, -0.25) is 4.79 Å². The van der Waals surface area contributed by atoms with Gasteiger partial charge in [0.05, 0.1) is 13.2 Å². The van der Waals surface area contributed by atoms with Gasteiger partial charge in [0.25, 0.3) is 0 Å². The third kappa shape index (κ3) is 3.85. The number of primary amides is 1. The monoisotopic (exact) mass is 399 g/mol. The quantitative estimate of drug-likeness (QED) is 0.774. The summed E-state index contributed by atoms with van der Waals surface area (Å²) in [5.41, 5.74) is 7.73. The highest BCUT2D eigenvalue weighted by atomic mass is 17.2. The van der Waals surface area contributed by atoms with E-state index in [0.29, 0.717) is 43.8 Å². The van der Waals surface area contributed by atoms with E-state index in [4.69, 9.17) is 20.2 Å². The first-order chi connectivity index (χ1) is 14.1. The van der Waals surface area contributed by atoms with Crippen LogP contribution in [0.1, 0.15) is 68.4 Å². The molecule has 1 unspecified atom stereocenters.